The number of nitrogens with zero attached hydrogens (tertiary/aromatic N) is 2. The van der Waals surface area contributed by atoms with Gasteiger partial charge in [-0.2, -0.15) is 26.3 Å². The summed E-state index contributed by atoms with van der Waals surface area (Å²) < 4.78 is 79.4. The van der Waals surface area contributed by atoms with Crippen LogP contribution in [0.5, 0.6) is 5.06 Å². The summed E-state index contributed by atoms with van der Waals surface area (Å²) in [5, 5.41) is 2.93. The molecule has 1 fully saturated rings. The Labute approximate surface area is 178 Å². The van der Waals surface area contributed by atoms with Crippen LogP contribution >= 0.6 is 11.3 Å². The highest BCUT2D eigenvalue weighted by atomic mass is 32.1. The number of hydrogen-bond donors (Lipinski definition) is 1. The molecule has 2 aromatic heterocycles. The quantitative estimate of drug-likeness (QED) is 0.620. The van der Waals surface area contributed by atoms with E-state index in [1.807, 2.05) is 0 Å². The second kappa shape index (κ2) is 8.93. The van der Waals surface area contributed by atoms with Gasteiger partial charge in [0.25, 0.3) is 0 Å². The lowest BCUT2D eigenvalue weighted by Crippen LogP contribution is -2.34. The van der Waals surface area contributed by atoms with Gasteiger partial charge in [-0.15, -0.1) is 11.3 Å². The molecule has 2 aromatic rings. The molecule has 1 N–H and O–H groups in total. The standard InChI is InChI=1S/C19H19F6N3O2S/c1-11(14-3-5-16(31-14)30-10-18(20,21)22)27-17(29)12-6-7-28(9-12)15-4-2-13(8-26-15)19(23,24)25/h2-5,8,11-12H,6-7,9-10H2,1H3,(H,27,29)/t11-,12-/m1/s1. The number of aromatic nitrogens is 1. The molecule has 0 aromatic carbocycles. The number of nitrogens with one attached hydrogen (secondary N) is 1. The fraction of sp³-hybridized carbons (Fsp3) is 0.474. The van der Waals surface area contributed by atoms with Crippen LogP contribution in [-0.2, 0) is 11.0 Å². The van der Waals surface area contributed by atoms with Gasteiger partial charge >= 0.3 is 12.4 Å². The molecule has 0 radical (unpaired) electrons. The molecule has 5 nitrogen and oxygen atoms in total. The van der Waals surface area contributed by atoms with E-state index in [1.54, 1.807) is 17.9 Å². The summed E-state index contributed by atoms with van der Waals surface area (Å²) in [7, 11) is 0. The molecule has 3 rings (SSSR count). The summed E-state index contributed by atoms with van der Waals surface area (Å²) in [5.74, 6) is -0.262. The molecule has 3 heterocycles. The number of carbonyl (C=O) groups is 1. The van der Waals surface area contributed by atoms with Gasteiger partial charge in [-0.3, -0.25) is 4.79 Å². The summed E-state index contributed by atoms with van der Waals surface area (Å²) in [4.78, 5) is 18.8. The monoisotopic (exact) mass is 467 g/mol. The Morgan fingerprint density at radius 1 is 1.26 bits per heavy atom. The summed E-state index contributed by atoms with van der Waals surface area (Å²) in [6.07, 6.45) is -7.62. The summed E-state index contributed by atoms with van der Waals surface area (Å²) in [5.41, 5.74) is -0.840. The highest BCUT2D eigenvalue weighted by molar-refractivity contribution is 7.13. The van der Waals surface area contributed by atoms with Crippen molar-refractivity contribution in [3.05, 3.63) is 40.9 Å². The molecule has 0 unspecified atom stereocenters. The van der Waals surface area contributed by atoms with Crippen LogP contribution in [0.4, 0.5) is 32.2 Å². The first kappa shape index (κ1) is 23.2. The van der Waals surface area contributed by atoms with Crippen LogP contribution in [0.15, 0.2) is 30.5 Å². The summed E-state index contributed by atoms with van der Waals surface area (Å²) >= 11 is 1.02. The van der Waals surface area contributed by atoms with Crippen LogP contribution in [0, 0.1) is 5.92 Å². The normalized spacial score (nSPS) is 18.2. The highest BCUT2D eigenvalue weighted by Crippen LogP contribution is 2.32. The van der Waals surface area contributed by atoms with E-state index in [0.717, 1.165) is 23.6 Å². The fourth-order valence-corrected chi connectivity index (χ4v) is 3.98. The molecule has 1 amide bonds. The van der Waals surface area contributed by atoms with Crippen molar-refractivity contribution in [2.24, 2.45) is 5.92 Å². The minimum Gasteiger partial charge on any atom is -0.475 e. The molecular weight excluding hydrogens is 448 g/mol. The zero-order valence-corrected chi connectivity index (χ0v) is 17.1. The minimum absolute atomic E-state index is 0.105. The molecule has 31 heavy (non-hydrogen) atoms. The number of pyridine rings is 1. The van der Waals surface area contributed by atoms with E-state index in [-0.39, 0.29) is 16.9 Å². The van der Waals surface area contributed by atoms with Crippen molar-refractivity contribution in [3.63, 3.8) is 0 Å². The van der Waals surface area contributed by atoms with Crippen LogP contribution < -0.4 is 15.0 Å². The zero-order chi connectivity index (χ0) is 22.8. The smallest absolute Gasteiger partial charge is 0.422 e. The molecule has 0 spiro atoms. The second-order valence-electron chi connectivity index (χ2n) is 7.13. The van der Waals surface area contributed by atoms with E-state index in [9.17, 15) is 31.1 Å². The lowest BCUT2D eigenvalue weighted by molar-refractivity contribution is -0.153. The molecule has 1 saturated heterocycles. The van der Waals surface area contributed by atoms with Gasteiger partial charge in [0.15, 0.2) is 11.7 Å². The number of rotatable bonds is 6. The number of carbonyl (C=O) groups excluding carboxylic acids is 1. The first-order chi connectivity index (χ1) is 14.4. The number of amides is 1. The predicted molar refractivity (Wildman–Crippen MR) is 102 cm³/mol. The largest absolute Gasteiger partial charge is 0.475 e. The van der Waals surface area contributed by atoms with Gasteiger partial charge < -0.3 is 15.0 Å². The lowest BCUT2D eigenvalue weighted by Gasteiger charge is -2.19. The Bertz CT molecular complexity index is 897. The van der Waals surface area contributed by atoms with E-state index in [0.29, 0.717) is 30.2 Å². The number of alkyl halides is 6. The maximum atomic E-state index is 12.7. The number of hydrogen-bond acceptors (Lipinski definition) is 5. The van der Waals surface area contributed by atoms with E-state index in [1.165, 1.54) is 12.1 Å². The Hall–Kier alpha value is -2.50. The number of thiophene rings is 1. The SMILES string of the molecule is C[C@@H](NC(=O)[C@@H]1CCN(c2ccc(C(F)(F)F)cn2)C1)c1ccc(OCC(F)(F)F)s1. The zero-order valence-electron chi connectivity index (χ0n) is 16.3. The molecule has 0 saturated carbocycles. The van der Waals surface area contributed by atoms with Gasteiger partial charge in [0.05, 0.1) is 17.5 Å². The Kier molecular flexibility index (Phi) is 6.68. The maximum Gasteiger partial charge on any atom is 0.422 e. The van der Waals surface area contributed by atoms with Gasteiger partial charge in [0.1, 0.15) is 5.82 Å². The number of ether oxygens (including phenoxy) is 1. The van der Waals surface area contributed by atoms with Gasteiger partial charge in [-0.25, -0.2) is 4.98 Å². The van der Waals surface area contributed by atoms with Crippen LogP contribution in [0.1, 0.15) is 29.8 Å². The van der Waals surface area contributed by atoms with Crippen molar-refractivity contribution in [2.45, 2.75) is 31.7 Å². The Morgan fingerprint density at radius 2 is 2.00 bits per heavy atom. The molecule has 2 atom stereocenters. The third kappa shape index (κ3) is 6.25. The lowest BCUT2D eigenvalue weighted by atomic mass is 10.1. The molecule has 1 aliphatic heterocycles. The molecule has 1 aliphatic rings. The van der Waals surface area contributed by atoms with Crippen molar-refractivity contribution in [1.82, 2.24) is 10.3 Å². The van der Waals surface area contributed by atoms with Crippen LogP contribution in [-0.4, -0.2) is 36.8 Å². The first-order valence-corrected chi connectivity index (χ1v) is 10.1. The molecule has 0 aliphatic carbocycles. The minimum atomic E-state index is -4.46. The molecular formula is C19H19F6N3O2S. The third-order valence-corrected chi connectivity index (χ3v) is 5.90. The van der Waals surface area contributed by atoms with Crippen LogP contribution in [0.25, 0.3) is 0 Å². The average Bonchev–Trinajstić information content (AvgIpc) is 3.35. The topological polar surface area (TPSA) is 54.5 Å². The van der Waals surface area contributed by atoms with E-state index in [2.05, 4.69) is 10.3 Å². The second-order valence-corrected chi connectivity index (χ2v) is 8.20. The third-order valence-electron chi connectivity index (χ3n) is 4.72. The Balaban J connectivity index is 1.53. The molecule has 170 valence electrons. The number of anilines is 1. The van der Waals surface area contributed by atoms with Crippen molar-refractivity contribution in [1.29, 1.82) is 0 Å². The van der Waals surface area contributed by atoms with Crippen LogP contribution in [0.3, 0.4) is 0 Å². The summed E-state index contributed by atoms with van der Waals surface area (Å²) in [6.45, 7) is 1.10. The van der Waals surface area contributed by atoms with E-state index in [4.69, 9.17) is 4.74 Å². The maximum absolute atomic E-state index is 12.7. The van der Waals surface area contributed by atoms with E-state index < -0.39 is 30.6 Å². The van der Waals surface area contributed by atoms with Crippen molar-refractivity contribution in [3.8, 4) is 5.06 Å². The van der Waals surface area contributed by atoms with Gasteiger partial charge in [0, 0.05) is 24.2 Å². The fourth-order valence-electron chi connectivity index (χ4n) is 3.12. The van der Waals surface area contributed by atoms with Crippen molar-refractivity contribution >= 4 is 23.1 Å². The highest BCUT2D eigenvalue weighted by Gasteiger charge is 2.33. The van der Waals surface area contributed by atoms with Crippen LogP contribution in [0.2, 0.25) is 0 Å². The predicted octanol–water partition coefficient (Wildman–Crippen LogP) is 4.81. The van der Waals surface area contributed by atoms with Gasteiger partial charge in [-0.1, -0.05) is 0 Å². The van der Waals surface area contributed by atoms with Gasteiger partial charge in [0.2, 0.25) is 5.91 Å². The average molecular weight is 467 g/mol. The van der Waals surface area contributed by atoms with Crippen molar-refractivity contribution < 1.29 is 35.9 Å². The molecule has 12 heteroatoms. The van der Waals surface area contributed by atoms with Crippen molar-refractivity contribution in [2.75, 3.05) is 24.6 Å². The molecule has 0 bridgehead atoms. The first-order valence-electron chi connectivity index (χ1n) is 9.30. The Morgan fingerprint density at radius 3 is 2.61 bits per heavy atom. The van der Waals surface area contributed by atoms with Gasteiger partial charge in [-0.05, 0) is 37.6 Å². The number of halogens is 6. The van der Waals surface area contributed by atoms with E-state index >= 15 is 0 Å². The summed E-state index contributed by atoms with van der Waals surface area (Å²) in [6, 6.07) is 4.81.